The molecule has 0 spiro atoms. The molecule has 0 saturated carbocycles. The lowest BCUT2D eigenvalue weighted by molar-refractivity contribution is 0.130. The van der Waals surface area contributed by atoms with Crippen LogP contribution in [0.1, 0.15) is 26.3 Å². The average molecular weight is 217 g/mol. The number of fused-ring (bicyclic) bond motifs is 1. The minimum Gasteiger partial charge on any atom is -0.488 e. The van der Waals surface area contributed by atoms with Crippen LogP contribution in [-0.2, 0) is 7.05 Å². The Morgan fingerprint density at radius 3 is 2.44 bits per heavy atom. The molecule has 1 aromatic heterocycles. The number of hydrogen-bond donors (Lipinski definition) is 0. The van der Waals surface area contributed by atoms with E-state index in [0.717, 1.165) is 5.75 Å². The molecular formula is C14H19NO. The van der Waals surface area contributed by atoms with Crippen LogP contribution in [0.5, 0.6) is 5.75 Å². The maximum Gasteiger partial charge on any atom is 0.123 e. The van der Waals surface area contributed by atoms with Gasteiger partial charge in [-0.15, -0.1) is 0 Å². The number of rotatable bonds is 1. The van der Waals surface area contributed by atoms with Crippen molar-refractivity contribution in [1.29, 1.82) is 0 Å². The van der Waals surface area contributed by atoms with Crippen LogP contribution in [0.4, 0.5) is 0 Å². The first-order chi connectivity index (χ1) is 7.38. The van der Waals surface area contributed by atoms with E-state index < -0.39 is 0 Å². The predicted molar refractivity (Wildman–Crippen MR) is 68.0 cm³/mol. The second-order valence-corrected chi connectivity index (χ2v) is 5.26. The molecule has 0 bridgehead atoms. The molecule has 0 N–H and O–H groups in total. The summed E-state index contributed by atoms with van der Waals surface area (Å²) < 4.78 is 8.07. The molecule has 0 amide bonds. The molecule has 0 unspecified atom stereocenters. The zero-order chi connectivity index (χ0) is 11.9. The molecule has 0 fully saturated rings. The summed E-state index contributed by atoms with van der Waals surface area (Å²) in [6.07, 6.45) is 2.08. The molecule has 16 heavy (non-hydrogen) atoms. The summed E-state index contributed by atoms with van der Waals surface area (Å²) >= 11 is 0. The van der Waals surface area contributed by atoms with Crippen molar-refractivity contribution < 1.29 is 4.74 Å². The highest BCUT2D eigenvalue weighted by atomic mass is 16.5. The van der Waals surface area contributed by atoms with Crippen molar-refractivity contribution in [3.63, 3.8) is 0 Å². The third-order valence-electron chi connectivity index (χ3n) is 2.70. The molecule has 1 heterocycles. The fourth-order valence-electron chi connectivity index (χ4n) is 1.92. The Hall–Kier alpha value is -1.44. The first-order valence-corrected chi connectivity index (χ1v) is 5.62. The van der Waals surface area contributed by atoms with Crippen molar-refractivity contribution in [2.75, 3.05) is 0 Å². The Balaban J connectivity index is 2.53. The van der Waals surface area contributed by atoms with E-state index in [1.165, 1.54) is 16.5 Å². The van der Waals surface area contributed by atoms with Gasteiger partial charge in [-0.2, -0.15) is 0 Å². The number of nitrogens with zero attached hydrogens (tertiary/aromatic N) is 1. The number of ether oxygens (including phenoxy) is 1. The van der Waals surface area contributed by atoms with Gasteiger partial charge in [0.15, 0.2) is 0 Å². The maximum atomic E-state index is 5.94. The summed E-state index contributed by atoms with van der Waals surface area (Å²) in [4.78, 5) is 0. The topological polar surface area (TPSA) is 14.2 Å². The summed E-state index contributed by atoms with van der Waals surface area (Å²) in [5, 5.41) is 1.27. The molecule has 1 aromatic carbocycles. The van der Waals surface area contributed by atoms with Gasteiger partial charge in [-0.05, 0) is 45.9 Å². The van der Waals surface area contributed by atoms with Gasteiger partial charge in [0.05, 0.1) is 0 Å². The third-order valence-corrected chi connectivity index (χ3v) is 2.70. The van der Waals surface area contributed by atoms with Crippen LogP contribution in [0.15, 0.2) is 24.4 Å². The fourth-order valence-corrected chi connectivity index (χ4v) is 1.92. The van der Waals surface area contributed by atoms with Crippen LogP contribution in [0.25, 0.3) is 10.9 Å². The van der Waals surface area contributed by atoms with Crippen LogP contribution in [0.3, 0.4) is 0 Å². The Kier molecular flexibility index (Phi) is 2.45. The fraction of sp³-hybridized carbons (Fsp3) is 0.429. The van der Waals surface area contributed by atoms with E-state index >= 15 is 0 Å². The molecular weight excluding hydrogens is 198 g/mol. The third kappa shape index (κ3) is 1.92. The van der Waals surface area contributed by atoms with Gasteiger partial charge in [-0.1, -0.05) is 0 Å². The van der Waals surface area contributed by atoms with Crippen LogP contribution in [0, 0.1) is 6.92 Å². The zero-order valence-corrected chi connectivity index (χ0v) is 10.7. The average Bonchev–Trinajstić information content (AvgIpc) is 2.52. The highest BCUT2D eigenvalue weighted by Gasteiger charge is 2.14. The van der Waals surface area contributed by atoms with Gasteiger partial charge >= 0.3 is 0 Å². The van der Waals surface area contributed by atoms with E-state index in [4.69, 9.17) is 4.74 Å². The number of benzene rings is 1. The van der Waals surface area contributed by atoms with Gasteiger partial charge in [0, 0.05) is 29.7 Å². The van der Waals surface area contributed by atoms with E-state index in [-0.39, 0.29) is 5.60 Å². The van der Waals surface area contributed by atoms with Gasteiger partial charge in [0.1, 0.15) is 11.4 Å². The number of hydrogen-bond acceptors (Lipinski definition) is 1. The van der Waals surface area contributed by atoms with Gasteiger partial charge in [0.2, 0.25) is 0 Å². The molecule has 0 aliphatic carbocycles. The largest absolute Gasteiger partial charge is 0.488 e. The smallest absolute Gasteiger partial charge is 0.123 e. The molecule has 0 radical (unpaired) electrons. The second kappa shape index (κ2) is 3.55. The van der Waals surface area contributed by atoms with Crippen LogP contribution in [0.2, 0.25) is 0 Å². The lowest BCUT2D eigenvalue weighted by atomic mass is 10.1. The molecule has 2 aromatic rings. The normalized spacial score (nSPS) is 12.1. The second-order valence-electron chi connectivity index (χ2n) is 5.26. The van der Waals surface area contributed by atoms with Crippen LogP contribution < -0.4 is 4.74 Å². The Bertz CT molecular complexity index is 517. The van der Waals surface area contributed by atoms with E-state index in [9.17, 15) is 0 Å². The van der Waals surface area contributed by atoms with Crippen molar-refractivity contribution in [2.45, 2.75) is 33.3 Å². The molecule has 86 valence electrons. The Labute approximate surface area is 96.8 Å². The van der Waals surface area contributed by atoms with Crippen LogP contribution >= 0.6 is 0 Å². The molecule has 2 heteroatoms. The first-order valence-electron chi connectivity index (χ1n) is 5.62. The van der Waals surface area contributed by atoms with Crippen molar-refractivity contribution in [1.82, 2.24) is 4.57 Å². The lowest BCUT2D eigenvalue weighted by Gasteiger charge is -2.22. The number of aryl methyl sites for hydroxylation is 2. The van der Waals surface area contributed by atoms with E-state index in [2.05, 4.69) is 63.7 Å². The molecule has 2 nitrogen and oxygen atoms in total. The minimum absolute atomic E-state index is 0.146. The summed E-state index contributed by atoms with van der Waals surface area (Å²) in [7, 11) is 2.06. The van der Waals surface area contributed by atoms with Crippen molar-refractivity contribution >= 4 is 10.9 Å². The summed E-state index contributed by atoms with van der Waals surface area (Å²) in [5.74, 6) is 0.978. The maximum absolute atomic E-state index is 5.94. The lowest BCUT2D eigenvalue weighted by Crippen LogP contribution is -2.23. The highest BCUT2D eigenvalue weighted by Crippen LogP contribution is 2.29. The summed E-state index contributed by atoms with van der Waals surface area (Å²) in [6, 6.07) is 6.31. The Morgan fingerprint density at radius 1 is 1.12 bits per heavy atom. The van der Waals surface area contributed by atoms with E-state index in [0.29, 0.717) is 0 Å². The summed E-state index contributed by atoms with van der Waals surface area (Å²) in [6.45, 7) is 8.33. The predicted octanol–water partition coefficient (Wildman–Crippen LogP) is 3.66. The van der Waals surface area contributed by atoms with Gasteiger partial charge in [-0.25, -0.2) is 0 Å². The number of aromatic nitrogens is 1. The SMILES string of the molecule is Cc1c(OC(C)(C)C)ccc2c1ccn2C. The van der Waals surface area contributed by atoms with Gasteiger partial charge < -0.3 is 9.30 Å². The first kappa shape index (κ1) is 11.1. The molecule has 2 rings (SSSR count). The monoisotopic (exact) mass is 217 g/mol. The van der Waals surface area contributed by atoms with Crippen molar-refractivity contribution in [3.8, 4) is 5.75 Å². The molecule has 0 aliphatic heterocycles. The summed E-state index contributed by atoms with van der Waals surface area (Å²) in [5.41, 5.74) is 2.32. The van der Waals surface area contributed by atoms with E-state index in [1.807, 2.05) is 0 Å². The molecule has 0 atom stereocenters. The van der Waals surface area contributed by atoms with Crippen LogP contribution in [-0.4, -0.2) is 10.2 Å². The molecule has 0 aliphatic rings. The standard InChI is InChI=1S/C14H19NO/c1-10-11-8-9-15(5)12(11)6-7-13(10)16-14(2,3)4/h6-9H,1-5H3. The highest BCUT2D eigenvalue weighted by molar-refractivity contribution is 5.85. The van der Waals surface area contributed by atoms with E-state index in [1.54, 1.807) is 0 Å². The van der Waals surface area contributed by atoms with Crippen molar-refractivity contribution in [3.05, 3.63) is 30.0 Å². The quantitative estimate of drug-likeness (QED) is 0.711. The zero-order valence-electron chi connectivity index (χ0n) is 10.7. The minimum atomic E-state index is -0.146. The molecule has 0 saturated heterocycles. The van der Waals surface area contributed by atoms with Gasteiger partial charge in [-0.3, -0.25) is 0 Å². The Morgan fingerprint density at radius 2 is 1.81 bits per heavy atom. The van der Waals surface area contributed by atoms with Gasteiger partial charge in [0.25, 0.3) is 0 Å². The van der Waals surface area contributed by atoms with Crippen molar-refractivity contribution in [2.24, 2.45) is 7.05 Å².